The van der Waals surface area contributed by atoms with E-state index in [2.05, 4.69) is 4.98 Å². The first-order chi connectivity index (χ1) is 13.0. The van der Waals surface area contributed by atoms with Crippen LogP contribution in [-0.4, -0.2) is 47.7 Å². The second kappa shape index (κ2) is 8.24. The number of hydrogen-bond donors (Lipinski definition) is 2. The number of nitrogens with zero attached hydrogens (tertiary/aromatic N) is 1. The van der Waals surface area contributed by atoms with Crippen LogP contribution in [0.1, 0.15) is 42.5 Å². The monoisotopic (exact) mass is 371 g/mol. The van der Waals surface area contributed by atoms with Crippen molar-refractivity contribution >= 4 is 28.5 Å². The minimum atomic E-state index is -0.684. The molecule has 1 fully saturated rings. The number of carbonyl (C=O) groups is 3. The summed E-state index contributed by atoms with van der Waals surface area (Å²) in [4.78, 5) is 41.4. The number of ketones is 1. The molecule has 144 valence electrons. The predicted molar refractivity (Wildman–Crippen MR) is 102 cm³/mol. The van der Waals surface area contributed by atoms with E-state index in [0.29, 0.717) is 29.1 Å². The highest BCUT2D eigenvalue weighted by Gasteiger charge is 2.29. The number of amides is 2. The molecule has 7 nitrogen and oxygen atoms in total. The number of nitrogens with two attached hydrogens (primary N) is 1. The zero-order valence-electron chi connectivity index (χ0n) is 15.5. The molecule has 3 N–H and O–H groups in total. The minimum Gasteiger partial charge on any atom is -0.497 e. The van der Waals surface area contributed by atoms with Gasteiger partial charge in [0, 0.05) is 29.7 Å². The highest BCUT2D eigenvalue weighted by atomic mass is 16.5. The lowest BCUT2D eigenvalue weighted by molar-refractivity contribution is -0.132. The normalized spacial score (nSPS) is 14.9. The molecule has 1 saturated carbocycles. The molecule has 3 rings (SSSR count). The average molecular weight is 371 g/mol. The molecule has 0 aliphatic heterocycles. The van der Waals surface area contributed by atoms with Crippen LogP contribution >= 0.6 is 0 Å². The van der Waals surface area contributed by atoms with Gasteiger partial charge < -0.3 is 20.4 Å². The second-order valence-corrected chi connectivity index (χ2v) is 7.10. The number of aromatic nitrogens is 1. The number of primary amides is 1. The van der Waals surface area contributed by atoms with Crippen molar-refractivity contribution in [2.75, 3.05) is 20.2 Å². The van der Waals surface area contributed by atoms with Gasteiger partial charge in [-0.2, -0.15) is 0 Å². The van der Waals surface area contributed by atoms with E-state index in [1.54, 1.807) is 25.3 Å². The number of aromatic amines is 1. The van der Waals surface area contributed by atoms with Gasteiger partial charge >= 0.3 is 0 Å². The fraction of sp³-hybridized carbons (Fsp3) is 0.450. The molecule has 1 aliphatic carbocycles. The Morgan fingerprint density at radius 1 is 1.22 bits per heavy atom. The van der Waals surface area contributed by atoms with Gasteiger partial charge in [0.05, 0.1) is 19.2 Å². The van der Waals surface area contributed by atoms with Crippen LogP contribution in [0.15, 0.2) is 24.4 Å². The summed E-state index contributed by atoms with van der Waals surface area (Å²) in [5.41, 5.74) is 6.31. The van der Waals surface area contributed by atoms with Gasteiger partial charge in [-0.25, -0.2) is 0 Å². The topological polar surface area (TPSA) is 105 Å². The molecule has 2 aromatic rings. The largest absolute Gasteiger partial charge is 0.497 e. The van der Waals surface area contributed by atoms with Crippen LogP contribution < -0.4 is 10.5 Å². The minimum absolute atomic E-state index is 0.239. The standard InChI is InChI=1S/C20H25N3O4/c1-27-14-7-8-15-16(10-22-17(15)9-14)19(25)20(26)23(12-18(21)24)11-13-5-3-2-4-6-13/h7-10,13,22H,2-6,11-12H2,1H3,(H2,21,24). The highest BCUT2D eigenvalue weighted by molar-refractivity contribution is 6.45. The molecule has 1 aromatic carbocycles. The molecule has 27 heavy (non-hydrogen) atoms. The van der Waals surface area contributed by atoms with Gasteiger partial charge in [-0.15, -0.1) is 0 Å². The summed E-state index contributed by atoms with van der Waals surface area (Å²) in [6.07, 6.45) is 6.95. The molecule has 1 aromatic heterocycles. The van der Waals surface area contributed by atoms with Crippen molar-refractivity contribution in [3.8, 4) is 5.75 Å². The van der Waals surface area contributed by atoms with Crippen molar-refractivity contribution in [3.63, 3.8) is 0 Å². The first-order valence-electron chi connectivity index (χ1n) is 9.26. The quantitative estimate of drug-likeness (QED) is 0.575. The molecular weight excluding hydrogens is 346 g/mol. The third kappa shape index (κ3) is 4.30. The Balaban J connectivity index is 1.82. The smallest absolute Gasteiger partial charge is 0.295 e. The molecule has 0 saturated heterocycles. The van der Waals surface area contributed by atoms with Gasteiger partial charge in [0.15, 0.2) is 0 Å². The zero-order chi connectivity index (χ0) is 19.4. The maximum absolute atomic E-state index is 12.8. The number of carbonyl (C=O) groups excluding carboxylic acids is 3. The van der Waals surface area contributed by atoms with E-state index in [9.17, 15) is 14.4 Å². The van der Waals surface area contributed by atoms with E-state index in [4.69, 9.17) is 10.5 Å². The third-order valence-corrected chi connectivity index (χ3v) is 5.17. The first-order valence-corrected chi connectivity index (χ1v) is 9.26. The van der Waals surface area contributed by atoms with E-state index in [0.717, 1.165) is 25.7 Å². The summed E-state index contributed by atoms with van der Waals surface area (Å²) in [6.45, 7) is 0.154. The molecule has 1 aliphatic rings. The number of nitrogens with one attached hydrogen (secondary N) is 1. The summed E-state index contributed by atoms with van der Waals surface area (Å²) >= 11 is 0. The van der Waals surface area contributed by atoms with E-state index < -0.39 is 17.6 Å². The van der Waals surface area contributed by atoms with Gasteiger partial charge in [-0.3, -0.25) is 14.4 Å². The lowest BCUT2D eigenvalue weighted by Crippen LogP contribution is -2.44. The van der Waals surface area contributed by atoms with Gasteiger partial charge in [-0.05, 0) is 30.9 Å². The van der Waals surface area contributed by atoms with E-state index in [1.807, 2.05) is 0 Å². The summed E-state index contributed by atoms with van der Waals surface area (Å²) in [5.74, 6) is -0.973. The number of Topliss-reactive ketones (excluding diaryl/α,β-unsaturated/α-hetero) is 1. The van der Waals surface area contributed by atoms with Crippen molar-refractivity contribution in [2.24, 2.45) is 11.7 Å². The van der Waals surface area contributed by atoms with Crippen LogP contribution in [0.5, 0.6) is 5.75 Å². The van der Waals surface area contributed by atoms with Crippen LogP contribution in [0.25, 0.3) is 10.9 Å². The number of ether oxygens (including phenoxy) is 1. The maximum Gasteiger partial charge on any atom is 0.295 e. The number of benzene rings is 1. The number of H-pyrrole nitrogens is 1. The first kappa shape index (κ1) is 18.9. The zero-order valence-corrected chi connectivity index (χ0v) is 15.5. The Bertz CT molecular complexity index is 852. The van der Waals surface area contributed by atoms with Crippen molar-refractivity contribution in [1.29, 1.82) is 0 Å². The van der Waals surface area contributed by atoms with Crippen LogP contribution in [-0.2, 0) is 9.59 Å². The number of rotatable bonds is 7. The van der Waals surface area contributed by atoms with Crippen molar-refractivity contribution in [3.05, 3.63) is 30.0 Å². The molecular formula is C20H25N3O4. The van der Waals surface area contributed by atoms with Crippen molar-refractivity contribution < 1.29 is 19.1 Å². The fourth-order valence-electron chi connectivity index (χ4n) is 3.77. The summed E-state index contributed by atoms with van der Waals surface area (Å²) < 4.78 is 5.17. The number of methoxy groups -OCH3 is 1. The number of hydrogen-bond acceptors (Lipinski definition) is 4. The molecule has 0 atom stereocenters. The molecule has 7 heteroatoms. The van der Waals surface area contributed by atoms with Crippen LogP contribution in [0.3, 0.4) is 0 Å². The lowest BCUT2D eigenvalue weighted by Gasteiger charge is -2.28. The number of fused-ring (bicyclic) bond motifs is 1. The Labute approximate surface area is 157 Å². The second-order valence-electron chi connectivity index (χ2n) is 7.10. The van der Waals surface area contributed by atoms with Crippen LogP contribution in [0, 0.1) is 5.92 Å². The molecule has 0 unspecified atom stereocenters. The molecule has 2 amide bonds. The summed E-state index contributed by atoms with van der Waals surface area (Å²) in [6, 6.07) is 5.24. The Kier molecular flexibility index (Phi) is 5.78. The van der Waals surface area contributed by atoms with Crippen LogP contribution in [0.2, 0.25) is 0 Å². The predicted octanol–water partition coefficient (Wildman–Crippen LogP) is 2.25. The molecule has 0 bridgehead atoms. The van der Waals surface area contributed by atoms with Crippen molar-refractivity contribution in [1.82, 2.24) is 9.88 Å². The fourth-order valence-corrected chi connectivity index (χ4v) is 3.77. The SMILES string of the molecule is COc1ccc2c(C(=O)C(=O)N(CC(N)=O)CC3CCCCC3)c[nH]c2c1. The van der Waals surface area contributed by atoms with Gasteiger partial charge in [-0.1, -0.05) is 19.3 Å². The van der Waals surface area contributed by atoms with Gasteiger partial charge in [0.25, 0.3) is 11.7 Å². The summed E-state index contributed by atoms with van der Waals surface area (Å²) in [5, 5.41) is 0.644. The Morgan fingerprint density at radius 2 is 1.96 bits per heavy atom. The molecule has 0 radical (unpaired) electrons. The van der Waals surface area contributed by atoms with E-state index >= 15 is 0 Å². The average Bonchev–Trinajstić information content (AvgIpc) is 3.09. The highest BCUT2D eigenvalue weighted by Crippen LogP contribution is 2.26. The maximum atomic E-state index is 12.8. The van der Waals surface area contributed by atoms with E-state index in [-0.39, 0.29) is 12.1 Å². The third-order valence-electron chi connectivity index (χ3n) is 5.17. The van der Waals surface area contributed by atoms with Crippen molar-refractivity contribution in [2.45, 2.75) is 32.1 Å². The van der Waals surface area contributed by atoms with E-state index in [1.165, 1.54) is 17.5 Å². The van der Waals surface area contributed by atoms with Gasteiger partial charge in [0.2, 0.25) is 5.91 Å². The Hall–Kier alpha value is -2.83. The Morgan fingerprint density at radius 3 is 2.63 bits per heavy atom. The molecule has 0 spiro atoms. The molecule has 1 heterocycles. The lowest BCUT2D eigenvalue weighted by atomic mass is 9.89. The summed E-state index contributed by atoms with van der Waals surface area (Å²) in [7, 11) is 1.56. The van der Waals surface area contributed by atoms with Gasteiger partial charge in [0.1, 0.15) is 5.75 Å². The van der Waals surface area contributed by atoms with Crippen LogP contribution in [0.4, 0.5) is 0 Å².